The van der Waals surface area contributed by atoms with E-state index in [0.717, 1.165) is 12.1 Å². The summed E-state index contributed by atoms with van der Waals surface area (Å²) in [5.74, 6) is -2.94. The Balaban J connectivity index is 1.87. The number of benzene rings is 2. The molecule has 132 valence electrons. The van der Waals surface area contributed by atoms with E-state index in [1.807, 2.05) is 0 Å². The third-order valence-electron chi connectivity index (χ3n) is 3.01. The highest BCUT2D eigenvalue weighted by molar-refractivity contribution is 5.93. The van der Waals surface area contributed by atoms with Crippen molar-refractivity contribution in [1.29, 1.82) is 0 Å². The van der Waals surface area contributed by atoms with E-state index in [0.29, 0.717) is 11.3 Å². The first-order valence-electron chi connectivity index (χ1n) is 7.54. The summed E-state index contributed by atoms with van der Waals surface area (Å²) in [5.41, 5.74) is 0.824. The standard InChI is InChI=1S/C18H17F2NO4/c1-11(2)25-18(23)12-3-5-13(6-4-12)21-17(22)10-24-14-7-8-15(19)16(20)9-14/h3-9,11H,10H2,1-2H3,(H,21,22). The molecule has 0 radical (unpaired) electrons. The van der Waals surface area contributed by atoms with Crippen molar-refractivity contribution < 1.29 is 27.8 Å². The van der Waals surface area contributed by atoms with Gasteiger partial charge in [-0.15, -0.1) is 0 Å². The summed E-state index contributed by atoms with van der Waals surface area (Å²) in [4.78, 5) is 23.5. The van der Waals surface area contributed by atoms with Gasteiger partial charge in [-0.2, -0.15) is 0 Å². The van der Waals surface area contributed by atoms with E-state index in [4.69, 9.17) is 9.47 Å². The Morgan fingerprint density at radius 3 is 2.32 bits per heavy atom. The summed E-state index contributed by atoms with van der Waals surface area (Å²) in [5, 5.41) is 2.56. The predicted molar refractivity (Wildman–Crippen MR) is 87.5 cm³/mol. The smallest absolute Gasteiger partial charge is 0.338 e. The van der Waals surface area contributed by atoms with Crippen molar-refractivity contribution in [2.75, 3.05) is 11.9 Å². The SMILES string of the molecule is CC(C)OC(=O)c1ccc(NC(=O)COc2ccc(F)c(F)c2)cc1. The Labute approximate surface area is 143 Å². The molecule has 0 unspecified atom stereocenters. The molecule has 0 atom stereocenters. The van der Waals surface area contributed by atoms with Crippen molar-refractivity contribution in [3.63, 3.8) is 0 Å². The number of halogens is 2. The molecule has 2 aromatic carbocycles. The third kappa shape index (κ3) is 5.56. The highest BCUT2D eigenvalue weighted by Crippen LogP contribution is 2.16. The largest absolute Gasteiger partial charge is 0.484 e. The van der Waals surface area contributed by atoms with Crippen molar-refractivity contribution in [2.24, 2.45) is 0 Å². The Hall–Kier alpha value is -2.96. The number of rotatable bonds is 6. The first-order chi connectivity index (χ1) is 11.8. The molecule has 2 aromatic rings. The van der Waals surface area contributed by atoms with E-state index in [1.54, 1.807) is 26.0 Å². The average molecular weight is 349 g/mol. The maximum atomic E-state index is 13.0. The van der Waals surface area contributed by atoms with Crippen molar-refractivity contribution >= 4 is 17.6 Å². The van der Waals surface area contributed by atoms with Gasteiger partial charge in [0.15, 0.2) is 18.2 Å². The van der Waals surface area contributed by atoms with Crippen LogP contribution in [0.15, 0.2) is 42.5 Å². The van der Waals surface area contributed by atoms with Crippen molar-refractivity contribution in [3.8, 4) is 5.75 Å². The van der Waals surface area contributed by atoms with Crippen LogP contribution in [0.4, 0.5) is 14.5 Å². The molecule has 0 heterocycles. The van der Waals surface area contributed by atoms with Gasteiger partial charge >= 0.3 is 5.97 Å². The molecule has 5 nitrogen and oxygen atoms in total. The highest BCUT2D eigenvalue weighted by atomic mass is 19.2. The second-order valence-corrected chi connectivity index (χ2v) is 5.44. The van der Waals surface area contributed by atoms with Crippen molar-refractivity contribution in [2.45, 2.75) is 20.0 Å². The van der Waals surface area contributed by atoms with E-state index < -0.39 is 23.5 Å². The lowest BCUT2D eigenvalue weighted by Crippen LogP contribution is -2.20. The van der Waals surface area contributed by atoms with E-state index in [-0.39, 0.29) is 18.5 Å². The van der Waals surface area contributed by atoms with Gasteiger partial charge < -0.3 is 14.8 Å². The van der Waals surface area contributed by atoms with Crippen LogP contribution in [-0.4, -0.2) is 24.6 Å². The fraction of sp³-hybridized carbons (Fsp3) is 0.222. The lowest BCUT2D eigenvalue weighted by atomic mass is 10.2. The molecule has 2 rings (SSSR count). The fourth-order valence-corrected chi connectivity index (χ4v) is 1.88. The average Bonchev–Trinajstić information content (AvgIpc) is 2.56. The minimum atomic E-state index is -1.05. The minimum absolute atomic E-state index is 0.0424. The first-order valence-corrected chi connectivity index (χ1v) is 7.54. The topological polar surface area (TPSA) is 64.6 Å². The summed E-state index contributed by atoms with van der Waals surface area (Å²) in [6.45, 7) is 3.13. The molecule has 1 amide bonds. The minimum Gasteiger partial charge on any atom is -0.484 e. The van der Waals surface area contributed by atoms with Gasteiger partial charge in [0, 0.05) is 11.8 Å². The van der Waals surface area contributed by atoms with Gasteiger partial charge in [-0.25, -0.2) is 13.6 Å². The molecule has 0 aliphatic heterocycles. The third-order valence-corrected chi connectivity index (χ3v) is 3.01. The number of esters is 1. The van der Waals surface area contributed by atoms with Crippen LogP contribution in [0.5, 0.6) is 5.75 Å². The number of amides is 1. The van der Waals surface area contributed by atoms with Crippen LogP contribution in [0.1, 0.15) is 24.2 Å². The molecule has 0 spiro atoms. The van der Waals surface area contributed by atoms with E-state index in [2.05, 4.69) is 5.32 Å². The van der Waals surface area contributed by atoms with Gasteiger partial charge in [0.05, 0.1) is 11.7 Å². The fourth-order valence-electron chi connectivity index (χ4n) is 1.88. The van der Waals surface area contributed by atoms with Crippen LogP contribution in [0.25, 0.3) is 0 Å². The van der Waals surface area contributed by atoms with Crippen LogP contribution in [0.2, 0.25) is 0 Å². The van der Waals surface area contributed by atoms with Crippen molar-refractivity contribution in [1.82, 2.24) is 0 Å². The lowest BCUT2D eigenvalue weighted by molar-refractivity contribution is -0.118. The molecule has 0 aliphatic rings. The number of hydrogen-bond donors (Lipinski definition) is 1. The number of ether oxygens (including phenoxy) is 2. The van der Waals surface area contributed by atoms with Crippen LogP contribution in [-0.2, 0) is 9.53 Å². The predicted octanol–water partition coefficient (Wildman–Crippen LogP) is 3.55. The number of hydrogen-bond acceptors (Lipinski definition) is 4. The molecular formula is C18H17F2NO4. The van der Waals surface area contributed by atoms with Gasteiger partial charge in [-0.05, 0) is 50.2 Å². The second-order valence-electron chi connectivity index (χ2n) is 5.44. The van der Waals surface area contributed by atoms with Crippen LogP contribution >= 0.6 is 0 Å². The quantitative estimate of drug-likeness (QED) is 0.810. The molecule has 0 aliphatic carbocycles. The second kappa shape index (κ2) is 8.23. The van der Waals surface area contributed by atoms with Crippen LogP contribution < -0.4 is 10.1 Å². The maximum absolute atomic E-state index is 13.0. The van der Waals surface area contributed by atoms with E-state index in [9.17, 15) is 18.4 Å². The molecule has 1 N–H and O–H groups in total. The number of carbonyl (C=O) groups is 2. The number of nitrogens with one attached hydrogen (secondary N) is 1. The van der Waals surface area contributed by atoms with Gasteiger partial charge in [-0.3, -0.25) is 4.79 Å². The summed E-state index contributed by atoms with van der Waals surface area (Å²) in [6.07, 6.45) is -0.222. The number of anilines is 1. The molecule has 0 aromatic heterocycles. The molecule has 0 saturated heterocycles. The maximum Gasteiger partial charge on any atom is 0.338 e. The van der Waals surface area contributed by atoms with Crippen molar-refractivity contribution in [3.05, 3.63) is 59.7 Å². The molecule has 0 saturated carbocycles. The molecule has 0 bridgehead atoms. The lowest BCUT2D eigenvalue weighted by Gasteiger charge is -2.10. The zero-order chi connectivity index (χ0) is 18.4. The van der Waals surface area contributed by atoms with E-state index in [1.165, 1.54) is 18.2 Å². The summed E-state index contributed by atoms with van der Waals surface area (Å²) >= 11 is 0. The van der Waals surface area contributed by atoms with Gasteiger partial charge in [0.25, 0.3) is 5.91 Å². The van der Waals surface area contributed by atoms with Gasteiger partial charge in [-0.1, -0.05) is 0 Å². The highest BCUT2D eigenvalue weighted by Gasteiger charge is 2.10. The monoisotopic (exact) mass is 349 g/mol. The number of carbonyl (C=O) groups excluding carboxylic acids is 2. The van der Waals surface area contributed by atoms with Crippen LogP contribution in [0.3, 0.4) is 0 Å². The zero-order valence-electron chi connectivity index (χ0n) is 13.7. The van der Waals surface area contributed by atoms with Gasteiger partial charge in [0.1, 0.15) is 5.75 Å². The van der Waals surface area contributed by atoms with Crippen LogP contribution in [0, 0.1) is 11.6 Å². The Morgan fingerprint density at radius 2 is 1.72 bits per heavy atom. The first kappa shape index (κ1) is 18.4. The zero-order valence-corrected chi connectivity index (χ0v) is 13.7. The summed E-state index contributed by atoms with van der Waals surface area (Å²) in [6, 6.07) is 9.14. The summed E-state index contributed by atoms with van der Waals surface area (Å²) in [7, 11) is 0. The normalized spacial score (nSPS) is 10.4. The molecule has 7 heteroatoms. The summed E-state index contributed by atoms with van der Waals surface area (Å²) < 4.78 is 36.0. The van der Waals surface area contributed by atoms with E-state index >= 15 is 0 Å². The van der Waals surface area contributed by atoms with Gasteiger partial charge in [0.2, 0.25) is 0 Å². The molecule has 25 heavy (non-hydrogen) atoms. The Kier molecular flexibility index (Phi) is 6.05. The Bertz CT molecular complexity index is 760. The Morgan fingerprint density at radius 1 is 1.04 bits per heavy atom. The molecular weight excluding hydrogens is 332 g/mol. The molecule has 0 fully saturated rings.